The minimum Gasteiger partial charge on any atom is -0.443 e. The van der Waals surface area contributed by atoms with E-state index >= 15 is 0 Å². The van der Waals surface area contributed by atoms with E-state index in [2.05, 4.69) is 10.3 Å². The molecule has 1 amide bonds. The second kappa shape index (κ2) is 9.20. The van der Waals surface area contributed by atoms with E-state index in [1.54, 1.807) is 36.4 Å². The van der Waals surface area contributed by atoms with E-state index in [0.29, 0.717) is 16.8 Å². The summed E-state index contributed by atoms with van der Waals surface area (Å²) in [6.45, 7) is 3.84. The lowest BCUT2D eigenvalue weighted by molar-refractivity contribution is -0.125. The number of para-hydroxylation sites is 1. The molecule has 1 atom stereocenters. The third-order valence-electron chi connectivity index (χ3n) is 5.09. The number of halogens is 1. The van der Waals surface area contributed by atoms with Crippen molar-refractivity contribution >= 4 is 40.1 Å². The van der Waals surface area contributed by atoms with Gasteiger partial charge in [0.15, 0.2) is 5.69 Å². The van der Waals surface area contributed by atoms with Crippen LogP contribution >= 0.6 is 11.6 Å². The average Bonchev–Trinajstić information content (AvgIpc) is 2.79. The predicted octanol–water partition coefficient (Wildman–Crippen LogP) is 6.04. The van der Waals surface area contributed by atoms with Crippen LogP contribution in [0.15, 0.2) is 78.9 Å². The zero-order chi connectivity index (χ0) is 22.7. The maximum absolute atomic E-state index is 13.2. The zero-order valence-electron chi connectivity index (χ0n) is 17.6. The quantitative estimate of drug-likeness (QED) is 0.381. The minimum absolute atomic E-state index is 0.0363. The average molecular weight is 445 g/mol. The summed E-state index contributed by atoms with van der Waals surface area (Å²) >= 11 is 6.31. The molecule has 0 radical (unpaired) electrons. The van der Waals surface area contributed by atoms with Gasteiger partial charge in [-0.2, -0.15) is 0 Å². The Balaban J connectivity index is 1.65. The van der Waals surface area contributed by atoms with Crippen LogP contribution in [-0.2, 0) is 9.53 Å². The Morgan fingerprint density at radius 1 is 0.938 bits per heavy atom. The van der Waals surface area contributed by atoms with Crippen LogP contribution in [0.5, 0.6) is 0 Å². The van der Waals surface area contributed by atoms with Gasteiger partial charge in [-0.3, -0.25) is 4.79 Å². The van der Waals surface area contributed by atoms with Gasteiger partial charge in [0.2, 0.25) is 6.10 Å². The largest absolute Gasteiger partial charge is 0.443 e. The molecule has 1 N–H and O–H groups in total. The molecule has 160 valence electrons. The number of benzene rings is 3. The number of ether oxygens (including phenoxy) is 1. The van der Waals surface area contributed by atoms with E-state index in [0.717, 1.165) is 16.5 Å². The lowest BCUT2D eigenvalue weighted by Crippen LogP contribution is -2.26. The van der Waals surface area contributed by atoms with Crippen molar-refractivity contribution in [3.8, 4) is 0 Å². The van der Waals surface area contributed by atoms with Gasteiger partial charge in [-0.1, -0.05) is 72.3 Å². The molecule has 0 saturated heterocycles. The van der Waals surface area contributed by atoms with E-state index in [9.17, 15) is 9.59 Å². The number of fused-ring (bicyclic) bond motifs is 1. The summed E-state index contributed by atoms with van der Waals surface area (Å²) in [6, 6.07) is 23.6. The number of nitrogens with one attached hydrogen (secondary N) is 1. The van der Waals surface area contributed by atoms with Crippen LogP contribution in [0.4, 0.5) is 5.69 Å². The van der Waals surface area contributed by atoms with Crippen molar-refractivity contribution in [2.24, 2.45) is 0 Å². The van der Waals surface area contributed by atoms with Crippen molar-refractivity contribution in [1.29, 1.82) is 0 Å². The van der Waals surface area contributed by atoms with Crippen molar-refractivity contribution < 1.29 is 14.3 Å². The summed E-state index contributed by atoms with van der Waals surface area (Å²) < 4.78 is 5.66. The molecule has 6 heteroatoms. The van der Waals surface area contributed by atoms with Gasteiger partial charge in [0.25, 0.3) is 5.91 Å². The molecule has 4 rings (SSSR count). The van der Waals surface area contributed by atoms with Crippen LogP contribution in [0, 0.1) is 13.8 Å². The Kier molecular flexibility index (Phi) is 6.19. The van der Waals surface area contributed by atoms with E-state index < -0.39 is 18.0 Å². The van der Waals surface area contributed by atoms with Crippen molar-refractivity contribution in [3.05, 3.63) is 106 Å². The highest BCUT2D eigenvalue weighted by atomic mass is 35.5. The number of aryl methyl sites for hydroxylation is 2. The van der Waals surface area contributed by atoms with Crippen molar-refractivity contribution in [1.82, 2.24) is 4.98 Å². The molecule has 0 fully saturated rings. The molecule has 5 nitrogen and oxygen atoms in total. The minimum atomic E-state index is -1.17. The fourth-order valence-electron chi connectivity index (χ4n) is 3.37. The van der Waals surface area contributed by atoms with Crippen LogP contribution in [0.2, 0.25) is 5.02 Å². The van der Waals surface area contributed by atoms with Crippen LogP contribution in [0.3, 0.4) is 0 Å². The molecule has 0 bridgehead atoms. The Morgan fingerprint density at radius 3 is 2.44 bits per heavy atom. The van der Waals surface area contributed by atoms with Gasteiger partial charge in [-0.15, -0.1) is 0 Å². The Hall–Kier alpha value is -3.70. The fourth-order valence-corrected chi connectivity index (χ4v) is 3.60. The molecule has 32 heavy (non-hydrogen) atoms. The van der Waals surface area contributed by atoms with Gasteiger partial charge >= 0.3 is 5.97 Å². The fraction of sp³-hybridized carbons (Fsp3) is 0.115. The number of anilines is 1. The number of hydrogen-bond donors (Lipinski definition) is 1. The third-order valence-corrected chi connectivity index (χ3v) is 5.38. The van der Waals surface area contributed by atoms with Gasteiger partial charge in [0.1, 0.15) is 0 Å². The summed E-state index contributed by atoms with van der Waals surface area (Å²) in [4.78, 5) is 30.6. The highest BCUT2D eigenvalue weighted by Crippen LogP contribution is 2.26. The normalized spacial score (nSPS) is 11.7. The Labute approximate surface area is 191 Å². The standard InChI is InChI=1S/C26H21ClN2O3/c1-16-12-13-17(2)22(14-16)29-25(30)24(18-8-4-3-5-9-18)32-26(31)23-20(27)15-19-10-6-7-11-21(19)28-23/h3-15,24H,1-2H3,(H,29,30). The van der Waals surface area contributed by atoms with Gasteiger partial charge < -0.3 is 10.1 Å². The number of amides is 1. The van der Waals surface area contributed by atoms with E-state index in [1.807, 2.05) is 56.3 Å². The molecule has 1 aromatic heterocycles. The molecule has 0 aliphatic rings. The Bertz CT molecular complexity index is 1310. The van der Waals surface area contributed by atoms with Crippen LogP contribution in [0.25, 0.3) is 10.9 Å². The van der Waals surface area contributed by atoms with Gasteiger partial charge in [0.05, 0.1) is 10.5 Å². The van der Waals surface area contributed by atoms with Crippen LogP contribution < -0.4 is 5.32 Å². The lowest BCUT2D eigenvalue weighted by atomic mass is 10.1. The number of nitrogens with zero attached hydrogens (tertiary/aromatic N) is 1. The van der Waals surface area contributed by atoms with E-state index in [-0.39, 0.29) is 10.7 Å². The third kappa shape index (κ3) is 4.63. The molecular weight excluding hydrogens is 424 g/mol. The molecule has 1 unspecified atom stereocenters. The van der Waals surface area contributed by atoms with Gasteiger partial charge in [0, 0.05) is 16.6 Å². The van der Waals surface area contributed by atoms with Crippen molar-refractivity contribution in [3.63, 3.8) is 0 Å². The number of pyridine rings is 1. The Morgan fingerprint density at radius 2 is 1.66 bits per heavy atom. The maximum Gasteiger partial charge on any atom is 0.359 e. The van der Waals surface area contributed by atoms with Crippen LogP contribution in [0.1, 0.15) is 33.3 Å². The lowest BCUT2D eigenvalue weighted by Gasteiger charge is -2.19. The van der Waals surface area contributed by atoms with Crippen molar-refractivity contribution in [2.45, 2.75) is 20.0 Å². The first kappa shape index (κ1) is 21.5. The predicted molar refractivity (Wildman–Crippen MR) is 126 cm³/mol. The van der Waals surface area contributed by atoms with Crippen molar-refractivity contribution in [2.75, 3.05) is 5.32 Å². The second-order valence-corrected chi connectivity index (χ2v) is 7.92. The first-order chi connectivity index (χ1) is 15.4. The summed E-state index contributed by atoms with van der Waals surface area (Å²) in [5.74, 6) is -1.24. The first-order valence-electron chi connectivity index (χ1n) is 10.1. The number of esters is 1. The number of hydrogen-bond acceptors (Lipinski definition) is 4. The number of aromatic nitrogens is 1. The molecule has 0 aliphatic heterocycles. The van der Waals surface area contributed by atoms with Crippen LogP contribution in [-0.4, -0.2) is 16.9 Å². The SMILES string of the molecule is Cc1ccc(C)c(NC(=O)C(OC(=O)c2nc3ccccc3cc2Cl)c2ccccc2)c1. The molecule has 4 aromatic rings. The zero-order valence-corrected chi connectivity index (χ0v) is 18.4. The topological polar surface area (TPSA) is 68.3 Å². The summed E-state index contributed by atoms with van der Waals surface area (Å²) in [7, 11) is 0. The highest BCUT2D eigenvalue weighted by Gasteiger charge is 2.28. The summed E-state index contributed by atoms with van der Waals surface area (Å²) in [6.07, 6.45) is -1.17. The van der Waals surface area contributed by atoms with Gasteiger partial charge in [-0.25, -0.2) is 9.78 Å². The monoisotopic (exact) mass is 444 g/mol. The van der Waals surface area contributed by atoms with E-state index in [1.165, 1.54) is 0 Å². The summed E-state index contributed by atoms with van der Waals surface area (Å²) in [5.41, 5.74) is 3.69. The number of carbonyl (C=O) groups excluding carboxylic acids is 2. The first-order valence-corrected chi connectivity index (χ1v) is 10.5. The second-order valence-electron chi connectivity index (χ2n) is 7.52. The highest BCUT2D eigenvalue weighted by molar-refractivity contribution is 6.34. The number of rotatable bonds is 5. The van der Waals surface area contributed by atoms with E-state index in [4.69, 9.17) is 16.3 Å². The van der Waals surface area contributed by atoms with Gasteiger partial charge in [-0.05, 0) is 43.2 Å². The molecule has 0 spiro atoms. The maximum atomic E-state index is 13.2. The summed E-state index contributed by atoms with van der Waals surface area (Å²) in [5, 5.41) is 3.85. The molecule has 1 heterocycles. The number of carbonyl (C=O) groups is 2. The molecule has 3 aromatic carbocycles. The molecule has 0 saturated carbocycles. The molecule has 0 aliphatic carbocycles. The molecular formula is C26H21ClN2O3. The smallest absolute Gasteiger partial charge is 0.359 e.